The van der Waals surface area contributed by atoms with Crippen molar-refractivity contribution in [2.45, 2.75) is 26.5 Å². The standard InChI is InChI=1S/C24H22ClN3O2/c1-2-17-9-3-5-11-19(17)27-24(29)15-28-21-13-7-6-12-20(21)26-23(28)16-30-22-14-8-4-10-18(22)25/h3-14H,2,15-16H2,1H3,(H,27,29). The topological polar surface area (TPSA) is 56.2 Å². The lowest BCUT2D eigenvalue weighted by Crippen LogP contribution is -2.21. The van der Waals surface area contributed by atoms with Gasteiger partial charge < -0.3 is 14.6 Å². The number of carbonyl (C=O) groups is 1. The zero-order chi connectivity index (χ0) is 20.9. The Balaban J connectivity index is 1.58. The number of aromatic nitrogens is 2. The fourth-order valence-electron chi connectivity index (χ4n) is 3.40. The molecule has 0 unspecified atom stereocenters. The van der Waals surface area contributed by atoms with E-state index in [1.165, 1.54) is 0 Å². The minimum Gasteiger partial charge on any atom is -0.484 e. The minimum atomic E-state index is -0.113. The second kappa shape index (κ2) is 9.01. The first-order chi connectivity index (χ1) is 14.7. The molecule has 152 valence electrons. The molecular formula is C24H22ClN3O2. The van der Waals surface area contributed by atoms with E-state index in [2.05, 4.69) is 17.2 Å². The van der Waals surface area contributed by atoms with Crippen molar-refractivity contribution in [1.82, 2.24) is 9.55 Å². The summed E-state index contributed by atoms with van der Waals surface area (Å²) in [4.78, 5) is 17.5. The predicted octanol–water partition coefficient (Wildman–Crippen LogP) is 5.47. The summed E-state index contributed by atoms with van der Waals surface area (Å²) in [6, 6.07) is 22.9. The third kappa shape index (κ3) is 4.31. The summed E-state index contributed by atoms with van der Waals surface area (Å²) in [6.45, 7) is 2.41. The maximum absolute atomic E-state index is 12.9. The maximum atomic E-state index is 12.9. The summed E-state index contributed by atoms with van der Waals surface area (Å²) < 4.78 is 7.77. The fraction of sp³-hybridized carbons (Fsp3) is 0.167. The van der Waals surface area contributed by atoms with Gasteiger partial charge in [-0.2, -0.15) is 0 Å². The van der Waals surface area contributed by atoms with Gasteiger partial charge in [-0.05, 0) is 42.3 Å². The van der Waals surface area contributed by atoms with Crippen LogP contribution in [0.4, 0.5) is 5.69 Å². The molecule has 0 fully saturated rings. The number of hydrogen-bond donors (Lipinski definition) is 1. The van der Waals surface area contributed by atoms with Crippen LogP contribution in [0.5, 0.6) is 5.75 Å². The van der Waals surface area contributed by atoms with E-state index in [1.54, 1.807) is 6.07 Å². The van der Waals surface area contributed by atoms with Crippen LogP contribution in [0.1, 0.15) is 18.3 Å². The van der Waals surface area contributed by atoms with E-state index in [0.717, 1.165) is 28.7 Å². The summed E-state index contributed by atoms with van der Waals surface area (Å²) in [5.41, 5.74) is 3.64. The Kier molecular flexibility index (Phi) is 6.00. The number of halogens is 1. The number of carbonyl (C=O) groups excluding carboxylic acids is 1. The average molecular weight is 420 g/mol. The predicted molar refractivity (Wildman–Crippen MR) is 120 cm³/mol. The van der Waals surface area contributed by atoms with E-state index in [1.807, 2.05) is 71.3 Å². The Morgan fingerprint density at radius 1 is 1.03 bits per heavy atom. The van der Waals surface area contributed by atoms with Gasteiger partial charge in [0.15, 0.2) is 0 Å². The van der Waals surface area contributed by atoms with Crippen molar-refractivity contribution in [2.24, 2.45) is 0 Å². The summed E-state index contributed by atoms with van der Waals surface area (Å²) in [6.07, 6.45) is 0.849. The molecule has 6 heteroatoms. The number of amides is 1. The molecular weight excluding hydrogens is 398 g/mol. The molecule has 30 heavy (non-hydrogen) atoms. The average Bonchev–Trinajstić information content (AvgIpc) is 3.11. The second-order valence-electron chi connectivity index (χ2n) is 6.88. The van der Waals surface area contributed by atoms with Crippen LogP contribution in [0.15, 0.2) is 72.8 Å². The Morgan fingerprint density at radius 2 is 1.77 bits per heavy atom. The van der Waals surface area contributed by atoms with Crippen LogP contribution in [0.25, 0.3) is 11.0 Å². The number of benzene rings is 3. The molecule has 1 amide bonds. The maximum Gasteiger partial charge on any atom is 0.244 e. The number of ether oxygens (including phenoxy) is 1. The number of para-hydroxylation sites is 4. The highest BCUT2D eigenvalue weighted by molar-refractivity contribution is 6.32. The molecule has 4 aromatic rings. The number of imidazole rings is 1. The van der Waals surface area contributed by atoms with Crippen LogP contribution in [-0.4, -0.2) is 15.5 Å². The van der Waals surface area contributed by atoms with Crippen LogP contribution < -0.4 is 10.1 Å². The first-order valence-corrected chi connectivity index (χ1v) is 10.2. The summed E-state index contributed by atoms with van der Waals surface area (Å²) >= 11 is 6.20. The molecule has 1 N–H and O–H groups in total. The summed E-state index contributed by atoms with van der Waals surface area (Å²) in [7, 11) is 0. The van der Waals surface area contributed by atoms with Gasteiger partial charge in [-0.1, -0.05) is 61.0 Å². The summed E-state index contributed by atoms with van der Waals surface area (Å²) in [5, 5.41) is 3.56. The van der Waals surface area contributed by atoms with Gasteiger partial charge in [-0.25, -0.2) is 4.98 Å². The van der Waals surface area contributed by atoms with Gasteiger partial charge in [-0.3, -0.25) is 4.79 Å². The van der Waals surface area contributed by atoms with Crippen LogP contribution in [0, 0.1) is 0 Å². The zero-order valence-corrected chi connectivity index (χ0v) is 17.4. The van der Waals surface area contributed by atoms with Gasteiger partial charge in [0.05, 0.1) is 16.1 Å². The first kappa shape index (κ1) is 20.0. The van der Waals surface area contributed by atoms with E-state index in [9.17, 15) is 4.79 Å². The van der Waals surface area contributed by atoms with Gasteiger partial charge in [0.2, 0.25) is 5.91 Å². The second-order valence-corrected chi connectivity index (χ2v) is 7.29. The molecule has 1 aromatic heterocycles. The minimum absolute atomic E-state index is 0.113. The van der Waals surface area contributed by atoms with Gasteiger partial charge in [-0.15, -0.1) is 0 Å². The third-order valence-corrected chi connectivity index (χ3v) is 5.21. The molecule has 0 bridgehead atoms. The largest absolute Gasteiger partial charge is 0.484 e. The first-order valence-electron chi connectivity index (χ1n) is 9.85. The van der Waals surface area contributed by atoms with Crippen molar-refractivity contribution in [2.75, 3.05) is 5.32 Å². The Morgan fingerprint density at radius 3 is 2.60 bits per heavy atom. The number of rotatable bonds is 7. The van der Waals surface area contributed by atoms with Crippen LogP contribution in [-0.2, 0) is 24.4 Å². The molecule has 0 saturated heterocycles. The number of fused-ring (bicyclic) bond motifs is 1. The number of nitrogens with zero attached hydrogens (tertiary/aromatic N) is 2. The van der Waals surface area contributed by atoms with Gasteiger partial charge >= 0.3 is 0 Å². The molecule has 1 heterocycles. The van der Waals surface area contributed by atoms with Crippen molar-refractivity contribution in [3.8, 4) is 5.75 Å². The Labute approximate surface area is 180 Å². The Bertz CT molecular complexity index is 1190. The SMILES string of the molecule is CCc1ccccc1NC(=O)Cn1c(COc2ccccc2Cl)nc2ccccc21. The zero-order valence-electron chi connectivity index (χ0n) is 16.6. The van der Waals surface area contributed by atoms with Crippen LogP contribution in [0.3, 0.4) is 0 Å². The molecule has 0 aliphatic carbocycles. The van der Waals surface area contributed by atoms with Crippen molar-refractivity contribution >= 4 is 34.2 Å². The number of hydrogen-bond acceptors (Lipinski definition) is 3. The lowest BCUT2D eigenvalue weighted by atomic mass is 10.1. The monoisotopic (exact) mass is 419 g/mol. The van der Waals surface area contributed by atoms with E-state index < -0.39 is 0 Å². The molecule has 0 aliphatic rings. The van der Waals surface area contributed by atoms with Crippen molar-refractivity contribution < 1.29 is 9.53 Å². The van der Waals surface area contributed by atoms with Crippen molar-refractivity contribution in [3.05, 3.63) is 89.2 Å². The van der Waals surface area contributed by atoms with E-state index in [4.69, 9.17) is 16.3 Å². The fourth-order valence-corrected chi connectivity index (χ4v) is 3.59. The van der Waals surface area contributed by atoms with Crippen LogP contribution >= 0.6 is 11.6 Å². The Hall–Kier alpha value is -3.31. The molecule has 0 saturated carbocycles. The molecule has 5 nitrogen and oxygen atoms in total. The third-order valence-electron chi connectivity index (χ3n) is 4.90. The normalized spacial score (nSPS) is 10.9. The van der Waals surface area contributed by atoms with Crippen molar-refractivity contribution in [1.29, 1.82) is 0 Å². The van der Waals surface area contributed by atoms with E-state index >= 15 is 0 Å². The molecule has 0 radical (unpaired) electrons. The molecule has 4 rings (SSSR count). The molecule has 3 aromatic carbocycles. The molecule has 0 spiro atoms. The lowest BCUT2D eigenvalue weighted by Gasteiger charge is -2.13. The highest BCUT2D eigenvalue weighted by Crippen LogP contribution is 2.25. The smallest absolute Gasteiger partial charge is 0.244 e. The van der Waals surface area contributed by atoms with Gasteiger partial charge in [0, 0.05) is 5.69 Å². The quantitative estimate of drug-likeness (QED) is 0.432. The van der Waals surface area contributed by atoms with Gasteiger partial charge in [0.1, 0.15) is 24.7 Å². The summed E-state index contributed by atoms with van der Waals surface area (Å²) in [5.74, 6) is 1.13. The highest BCUT2D eigenvalue weighted by atomic mass is 35.5. The molecule has 0 atom stereocenters. The van der Waals surface area contributed by atoms with E-state index in [-0.39, 0.29) is 19.1 Å². The van der Waals surface area contributed by atoms with Gasteiger partial charge in [0.25, 0.3) is 0 Å². The molecule has 0 aliphatic heterocycles. The van der Waals surface area contributed by atoms with Crippen LogP contribution in [0.2, 0.25) is 5.02 Å². The number of aryl methyl sites for hydroxylation is 1. The lowest BCUT2D eigenvalue weighted by molar-refractivity contribution is -0.116. The van der Waals surface area contributed by atoms with Crippen molar-refractivity contribution in [3.63, 3.8) is 0 Å². The number of anilines is 1. The highest BCUT2D eigenvalue weighted by Gasteiger charge is 2.15. The van der Waals surface area contributed by atoms with E-state index in [0.29, 0.717) is 16.6 Å². The number of nitrogens with one attached hydrogen (secondary N) is 1.